The predicted octanol–water partition coefficient (Wildman–Crippen LogP) is 2.35. The molecule has 0 amide bonds. The second-order valence-corrected chi connectivity index (χ2v) is 3.92. The van der Waals surface area contributed by atoms with Gasteiger partial charge in [-0.1, -0.05) is 6.07 Å². The number of nitrogens with zero attached hydrogens (tertiary/aromatic N) is 1. The lowest BCUT2D eigenvalue weighted by atomic mass is 10.0. The molecule has 0 N–H and O–H groups in total. The fourth-order valence-electron chi connectivity index (χ4n) is 1.96. The molecule has 2 rings (SSSR count). The van der Waals surface area contributed by atoms with Crippen LogP contribution in [0.4, 0.5) is 0 Å². The first-order valence-electron chi connectivity index (χ1n) is 5.72. The number of carbonyl (C=O) groups excluding carboxylic acids is 1. The minimum absolute atomic E-state index is 0.201. The Kier molecular flexibility index (Phi) is 3.77. The Hall–Kier alpha value is -2.10. The van der Waals surface area contributed by atoms with Gasteiger partial charge in [-0.25, -0.2) is 0 Å². The standard InChI is InChI=1S/C14H15NO3/c1-17-13-5-3-10(4-6-14(16)18-2)11-7-8-15-9-12(11)13/h3,5,7-9H,4,6H2,1-2H3. The zero-order valence-corrected chi connectivity index (χ0v) is 10.5. The first kappa shape index (κ1) is 12.4. The van der Waals surface area contributed by atoms with E-state index in [1.165, 1.54) is 7.11 Å². The van der Waals surface area contributed by atoms with Crippen LogP contribution in [0.1, 0.15) is 12.0 Å². The smallest absolute Gasteiger partial charge is 0.305 e. The quantitative estimate of drug-likeness (QED) is 0.776. The van der Waals surface area contributed by atoms with Gasteiger partial charge in [0.15, 0.2) is 0 Å². The molecule has 94 valence electrons. The van der Waals surface area contributed by atoms with Crippen molar-refractivity contribution >= 4 is 16.7 Å². The van der Waals surface area contributed by atoms with Crippen LogP contribution in [-0.2, 0) is 16.0 Å². The summed E-state index contributed by atoms with van der Waals surface area (Å²) >= 11 is 0. The molecule has 0 aliphatic rings. The van der Waals surface area contributed by atoms with Crippen molar-refractivity contribution in [3.05, 3.63) is 36.2 Å². The van der Waals surface area contributed by atoms with Gasteiger partial charge in [-0.15, -0.1) is 0 Å². The third-order valence-electron chi connectivity index (χ3n) is 2.91. The molecule has 1 aromatic heterocycles. The van der Waals surface area contributed by atoms with Crippen LogP contribution in [0.5, 0.6) is 5.75 Å². The second-order valence-electron chi connectivity index (χ2n) is 3.92. The predicted molar refractivity (Wildman–Crippen MR) is 68.6 cm³/mol. The monoisotopic (exact) mass is 245 g/mol. The second kappa shape index (κ2) is 5.49. The number of carbonyl (C=O) groups is 1. The van der Waals surface area contributed by atoms with Gasteiger partial charge in [-0.2, -0.15) is 0 Å². The number of esters is 1. The van der Waals surface area contributed by atoms with Crippen molar-refractivity contribution in [3.63, 3.8) is 0 Å². The zero-order chi connectivity index (χ0) is 13.0. The molecular formula is C14H15NO3. The van der Waals surface area contributed by atoms with E-state index in [1.807, 2.05) is 18.2 Å². The minimum atomic E-state index is -0.201. The van der Waals surface area contributed by atoms with Crippen molar-refractivity contribution in [2.24, 2.45) is 0 Å². The molecule has 0 aliphatic heterocycles. The lowest BCUT2D eigenvalue weighted by Gasteiger charge is -2.09. The fourth-order valence-corrected chi connectivity index (χ4v) is 1.96. The molecule has 4 heteroatoms. The van der Waals surface area contributed by atoms with Gasteiger partial charge in [0.2, 0.25) is 0 Å². The van der Waals surface area contributed by atoms with Crippen LogP contribution in [0.25, 0.3) is 10.8 Å². The van der Waals surface area contributed by atoms with Crippen LogP contribution in [0.3, 0.4) is 0 Å². The molecule has 1 heterocycles. The number of hydrogen-bond acceptors (Lipinski definition) is 4. The average molecular weight is 245 g/mol. The summed E-state index contributed by atoms with van der Waals surface area (Å²) in [5.41, 5.74) is 1.10. The zero-order valence-electron chi connectivity index (χ0n) is 10.5. The van der Waals surface area contributed by atoms with Crippen LogP contribution in [0.2, 0.25) is 0 Å². The maximum atomic E-state index is 11.2. The molecule has 0 aliphatic carbocycles. The molecule has 0 unspecified atom stereocenters. The number of benzene rings is 1. The summed E-state index contributed by atoms with van der Waals surface area (Å²) in [6, 6.07) is 5.81. The molecule has 0 bridgehead atoms. The minimum Gasteiger partial charge on any atom is -0.496 e. The molecule has 0 saturated carbocycles. The number of hydrogen-bond donors (Lipinski definition) is 0. The highest BCUT2D eigenvalue weighted by Gasteiger charge is 2.08. The highest BCUT2D eigenvalue weighted by atomic mass is 16.5. The maximum absolute atomic E-state index is 11.2. The van der Waals surface area contributed by atoms with E-state index in [1.54, 1.807) is 19.5 Å². The van der Waals surface area contributed by atoms with Crippen LogP contribution in [0, 0.1) is 0 Å². The van der Waals surface area contributed by atoms with E-state index in [0.29, 0.717) is 12.8 Å². The number of aryl methyl sites for hydroxylation is 1. The van der Waals surface area contributed by atoms with Crippen molar-refractivity contribution in [2.75, 3.05) is 14.2 Å². The van der Waals surface area contributed by atoms with Gasteiger partial charge in [-0.3, -0.25) is 9.78 Å². The normalized spacial score (nSPS) is 10.3. The third kappa shape index (κ3) is 2.42. The van der Waals surface area contributed by atoms with E-state index in [9.17, 15) is 4.79 Å². The Balaban J connectivity index is 2.37. The van der Waals surface area contributed by atoms with Crippen LogP contribution in [-0.4, -0.2) is 25.2 Å². The average Bonchev–Trinajstić information content (AvgIpc) is 2.44. The molecule has 1 aromatic carbocycles. The van der Waals surface area contributed by atoms with Crippen molar-refractivity contribution in [3.8, 4) is 5.75 Å². The summed E-state index contributed by atoms with van der Waals surface area (Å²) in [5, 5.41) is 2.02. The highest BCUT2D eigenvalue weighted by Crippen LogP contribution is 2.28. The molecule has 2 aromatic rings. The molecular weight excluding hydrogens is 230 g/mol. The van der Waals surface area contributed by atoms with Crippen molar-refractivity contribution in [2.45, 2.75) is 12.8 Å². The lowest BCUT2D eigenvalue weighted by molar-refractivity contribution is -0.140. The van der Waals surface area contributed by atoms with E-state index >= 15 is 0 Å². The van der Waals surface area contributed by atoms with E-state index in [-0.39, 0.29) is 5.97 Å². The van der Waals surface area contributed by atoms with Crippen LogP contribution < -0.4 is 4.74 Å². The van der Waals surface area contributed by atoms with Gasteiger partial charge in [0.1, 0.15) is 5.75 Å². The Bertz CT molecular complexity index is 566. The van der Waals surface area contributed by atoms with E-state index < -0.39 is 0 Å². The van der Waals surface area contributed by atoms with Gasteiger partial charge < -0.3 is 9.47 Å². The van der Waals surface area contributed by atoms with Gasteiger partial charge in [0, 0.05) is 24.2 Å². The topological polar surface area (TPSA) is 48.4 Å². The number of methoxy groups -OCH3 is 2. The summed E-state index contributed by atoms with van der Waals surface area (Å²) in [6.45, 7) is 0. The Morgan fingerprint density at radius 2 is 2.06 bits per heavy atom. The number of pyridine rings is 1. The first-order chi connectivity index (χ1) is 8.76. The van der Waals surface area contributed by atoms with Crippen LogP contribution >= 0.6 is 0 Å². The molecule has 4 nitrogen and oxygen atoms in total. The molecule has 0 spiro atoms. The van der Waals surface area contributed by atoms with Crippen LogP contribution in [0.15, 0.2) is 30.6 Å². The largest absolute Gasteiger partial charge is 0.496 e. The molecule has 0 saturated heterocycles. The van der Waals surface area contributed by atoms with Crippen molar-refractivity contribution < 1.29 is 14.3 Å². The Morgan fingerprint density at radius 1 is 1.22 bits per heavy atom. The van der Waals surface area contributed by atoms with Gasteiger partial charge in [-0.05, 0) is 29.5 Å². The van der Waals surface area contributed by atoms with Crippen molar-refractivity contribution in [1.29, 1.82) is 0 Å². The highest BCUT2D eigenvalue weighted by molar-refractivity contribution is 5.90. The SMILES string of the molecule is COC(=O)CCc1ccc(OC)c2cnccc12. The fraction of sp³-hybridized carbons (Fsp3) is 0.286. The molecule has 0 fully saturated rings. The summed E-state index contributed by atoms with van der Waals surface area (Å²) in [4.78, 5) is 15.3. The molecule has 0 atom stereocenters. The number of aromatic nitrogens is 1. The van der Waals surface area contributed by atoms with E-state index in [4.69, 9.17) is 4.74 Å². The first-order valence-corrected chi connectivity index (χ1v) is 5.72. The van der Waals surface area contributed by atoms with E-state index in [2.05, 4.69) is 9.72 Å². The van der Waals surface area contributed by atoms with Crippen molar-refractivity contribution in [1.82, 2.24) is 4.98 Å². The van der Waals surface area contributed by atoms with E-state index in [0.717, 1.165) is 22.1 Å². The molecule has 0 radical (unpaired) electrons. The van der Waals surface area contributed by atoms with Gasteiger partial charge in [0.05, 0.1) is 14.2 Å². The lowest BCUT2D eigenvalue weighted by Crippen LogP contribution is -2.02. The number of rotatable bonds is 4. The summed E-state index contributed by atoms with van der Waals surface area (Å²) in [7, 11) is 3.04. The maximum Gasteiger partial charge on any atom is 0.305 e. The number of fused-ring (bicyclic) bond motifs is 1. The Labute approximate surface area is 106 Å². The summed E-state index contributed by atoms with van der Waals surface area (Å²) < 4.78 is 9.95. The third-order valence-corrected chi connectivity index (χ3v) is 2.91. The Morgan fingerprint density at radius 3 is 2.78 bits per heavy atom. The summed E-state index contributed by atoms with van der Waals surface area (Å²) in [5.74, 6) is 0.591. The van der Waals surface area contributed by atoms with Gasteiger partial charge >= 0.3 is 5.97 Å². The molecule has 18 heavy (non-hydrogen) atoms. The van der Waals surface area contributed by atoms with Gasteiger partial charge in [0.25, 0.3) is 0 Å². The summed E-state index contributed by atoms with van der Waals surface area (Å²) in [6.07, 6.45) is 4.54. The number of ether oxygens (including phenoxy) is 2.